The second-order valence-corrected chi connectivity index (χ2v) is 4.10. The molecular weight excluding hydrogens is 291 g/mol. The number of rotatable bonds is 2. The number of amides is 2. The van der Waals surface area contributed by atoms with Crippen LogP contribution < -0.4 is 5.32 Å². The minimum Gasteiger partial charge on any atom is -0.453 e. The summed E-state index contributed by atoms with van der Waals surface area (Å²) in [6.07, 6.45) is 0.334. The lowest BCUT2D eigenvalue weighted by molar-refractivity contribution is -0.116. The number of halogens is 2. The molecule has 1 aromatic rings. The maximum atomic E-state index is 11.5. The van der Waals surface area contributed by atoms with Gasteiger partial charge in [0.25, 0.3) is 5.91 Å². The number of carbonyl (C=O) groups excluding carboxylic acids is 2. The minimum absolute atomic E-state index is 0.260. The fraction of sp³-hybridized carbons (Fsp3) is 0.0833. The van der Waals surface area contributed by atoms with E-state index in [1.165, 1.54) is 18.2 Å². The van der Waals surface area contributed by atoms with Crippen molar-refractivity contribution in [2.24, 2.45) is 0 Å². The van der Waals surface area contributed by atoms with Gasteiger partial charge in [0.2, 0.25) is 0 Å². The van der Waals surface area contributed by atoms with Gasteiger partial charge in [0.15, 0.2) is 0 Å². The van der Waals surface area contributed by atoms with Gasteiger partial charge in [0, 0.05) is 0 Å². The first kappa shape index (κ1) is 15.0. The quantitative estimate of drug-likeness (QED) is 0.672. The zero-order chi connectivity index (χ0) is 14.4. The van der Waals surface area contributed by atoms with Crippen LogP contribution in [0.1, 0.15) is 5.56 Å². The van der Waals surface area contributed by atoms with Crippen molar-refractivity contribution in [1.82, 2.24) is 5.32 Å². The number of carbonyl (C=O) groups is 2. The maximum Gasteiger partial charge on any atom is 0.413 e. The molecule has 1 N–H and O–H groups in total. The summed E-state index contributed by atoms with van der Waals surface area (Å²) in [5.41, 5.74) is 0.245. The second kappa shape index (κ2) is 6.78. The molecule has 19 heavy (non-hydrogen) atoms. The van der Waals surface area contributed by atoms with Gasteiger partial charge >= 0.3 is 6.09 Å². The van der Waals surface area contributed by atoms with Crippen LogP contribution in [0.3, 0.4) is 0 Å². The zero-order valence-electron chi connectivity index (χ0n) is 9.74. The van der Waals surface area contributed by atoms with E-state index in [1.807, 2.05) is 5.32 Å². The number of nitriles is 1. The molecule has 7 heteroatoms. The number of hydrogen-bond donors (Lipinski definition) is 1. The highest BCUT2D eigenvalue weighted by Gasteiger charge is 2.13. The molecule has 0 unspecified atom stereocenters. The van der Waals surface area contributed by atoms with Gasteiger partial charge in [0.05, 0.1) is 17.2 Å². The predicted octanol–water partition coefficient (Wildman–Crippen LogP) is 2.78. The Bertz CT molecular complexity index is 591. The fourth-order valence-corrected chi connectivity index (χ4v) is 1.44. The molecule has 0 saturated carbocycles. The SMILES string of the molecule is COC(=O)NC(=O)C(C#N)=Cc1ccc(Cl)c(Cl)c1. The van der Waals surface area contributed by atoms with Crippen molar-refractivity contribution in [2.45, 2.75) is 0 Å². The largest absolute Gasteiger partial charge is 0.453 e. The lowest BCUT2D eigenvalue weighted by Gasteiger charge is -2.02. The first-order chi connectivity index (χ1) is 8.97. The van der Waals surface area contributed by atoms with E-state index in [1.54, 1.807) is 12.1 Å². The van der Waals surface area contributed by atoms with E-state index in [2.05, 4.69) is 4.74 Å². The Morgan fingerprint density at radius 3 is 2.58 bits per heavy atom. The monoisotopic (exact) mass is 298 g/mol. The summed E-state index contributed by atoms with van der Waals surface area (Å²) >= 11 is 11.6. The summed E-state index contributed by atoms with van der Waals surface area (Å²) in [7, 11) is 1.11. The van der Waals surface area contributed by atoms with Crippen molar-refractivity contribution in [1.29, 1.82) is 5.26 Å². The molecule has 0 aromatic heterocycles. The Morgan fingerprint density at radius 2 is 2.05 bits per heavy atom. The van der Waals surface area contributed by atoms with Gasteiger partial charge in [0.1, 0.15) is 11.6 Å². The molecule has 0 spiro atoms. The van der Waals surface area contributed by atoms with Gasteiger partial charge in [-0.05, 0) is 23.8 Å². The number of ether oxygens (including phenoxy) is 1. The van der Waals surface area contributed by atoms with Gasteiger partial charge in [-0.3, -0.25) is 10.1 Å². The van der Waals surface area contributed by atoms with E-state index in [-0.39, 0.29) is 5.57 Å². The van der Waals surface area contributed by atoms with Crippen LogP contribution in [0, 0.1) is 11.3 Å². The van der Waals surface area contributed by atoms with Crippen molar-refractivity contribution in [3.05, 3.63) is 39.4 Å². The van der Waals surface area contributed by atoms with Crippen LogP contribution in [0.25, 0.3) is 6.08 Å². The minimum atomic E-state index is -0.944. The van der Waals surface area contributed by atoms with Gasteiger partial charge in [-0.25, -0.2) is 4.79 Å². The van der Waals surface area contributed by atoms with Crippen molar-refractivity contribution >= 4 is 41.3 Å². The number of benzene rings is 1. The van der Waals surface area contributed by atoms with Gasteiger partial charge in [-0.2, -0.15) is 5.26 Å². The third-order valence-corrected chi connectivity index (χ3v) is 2.76. The molecule has 0 heterocycles. The molecule has 0 aliphatic heterocycles. The highest BCUT2D eigenvalue weighted by atomic mass is 35.5. The first-order valence-electron chi connectivity index (χ1n) is 4.94. The summed E-state index contributed by atoms with van der Waals surface area (Å²) in [6, 6.07) is 6.28. The van der Waals surface area contributed by atoms with Crippen LogP contribution in [0.4, 0.5) is 4.79 Å². The second-order valence-electron chi connectivity index (χ2n) is 3.29. The Labute approximate surface area is 119 Å². The molecule has 0 aliphatic carbocycles. The fourth-order valence-electron chi connectivity index (χ4n) is 1.13. The van der Waals surface area contributed by atoms with E-state index in [9.17, 15) is 9.59 Å². The molecule has 0 saturated heterocycles. The Hall–Kier alpha value is -2.03. The standard InChI is InChI=1S/C12H8Cl2N2O3/c1-19-12(18)16-11(17)8(6-15)4-7-2-3-9(13)10(14)5-7/h2-5H,1H3,(H,16,17,18). The van der Waals surface area contributed by atoms with E-state index in [0.29, 0.717) is 15.6 Å². The highest BCUT2D eigenvalue weighted by Crippen LogP contribution is 2.23. The van der Waals surface area contributed by atoms with Gasteiger partial charge in [-0.15, -0.1) is 0 Å². The van der Waals surface area contributed by atoms with Crippen LogP contribution in [-0.2, 0) is 9.53 Å². The first-order valence-corrected chi connectivity index (χ1v) is 5.69. The molecule has 5 nitrogen and oxygen atoms in total. The highest BCUT2D eigenvalue weighted by molar-refractivity contribution is 6.42. The van der Waals surface area contributed by atoms with Crippen LogP contribution in [0.15, 0.2) is 23.8 Å². The average Bonchev–Trinajstić information content (AvgIpc) is 2.39. The number of nitrogens with one attached hydrogen (secondary N) is 1. The number of imide groups is 1. The average molecular weight is 299 g/mol. The summed E-state index contributed by atoms with van der Waals surface area (Å²) in [5, 5.41) is 11.4. The van der Waals surface area contributed by atoms with Gasteiger partial charge < -0.3 is 4.74 Å². The molecule has 2 amide bonds. The third kappa shape index (κ3) is 4.28. The molecule has 98 valence electrons. The van der Waals surface area contributed by atoms with Crippen molar-refractivity contribution in [2.75, 3.05) is 7.11 Å². The van der Waals surface area contributed by atoms with Crippen LogP contribution in [0.5, 0.6) is 0 Å². The van der Waals surface area contributed by atoms with E-state index in [0.717, 1.165) is 7.11 Å². The topological polar surface area (TPSA) is 79.2 Å². The molecule has 0 atom stereocenters. The third-order valence-electron chi connectivity index (χ3n) is 2.02. The van der Waals surface area contributed by atoms with Crippen LogP contribution in [-0.4, -0.2) is 19.1 Å². The molecule has 0 fully saturated rings. The van der Waals surface area contributed by atoms with Gasteiger partial charge in [-0.1, -0.05) is 29.3 Å². The van der Waals surface area contributed by atoms with Crippen LogP contribution >= 0.6 is 23.2 Å². The Kier molecular flexibility index (Phi) is 5.37. The molecule has 0 aliphatic rings. The normalized spacial score (nSPS) is 10.5. The smallest absolute Gasteiger partial charge is 0.413 e. The van der Waals surface area contributed by atoms with Crippen molar-refractivity contribution in [3.63, 3.8) is 0 Å². The predicted molar refractivity (Wildman–Crippen MR) is 70.6 cm³/mol. The molecule has 1 rings (SSSR count). The maximum absolute atomic E-state index is 11.5. The van der Waals surface area contributed by atoms with E-state index >= 15 is 0 Å². The summed E-state index contributed by atoms with van der Waals surface area (Å²) in [5.74, 6) is -0.861. The van der Waals surface area contributed by atoms with Crippen molar-refractivity contribution in [3.8, 4) is 6.07 Å². The van der Waals surface area contributed by atoms with Crippen molar-refractivity contribution < 1.29 is 14.3 Å². The number of hydrogen-bond acceptors (Lipinski definition) is 4. The van der Waals surface area contributed by atoms with Crippen LogP contribution in [0.2, 0.25) is 10.0 Å². The summed E-state index contributed by atoms with van der Waals surface area (Å²) < 4.78 is 4.25. The molecular formula is C12H8Cl2N2O3. The van der Waals surface area contributed by atoms with E-state index < -0.39 is 12.0 Å². The molecule has 1 aromatic carbocycles. The number of nitrogens with zero attached hydrogens (tertiary/aromatic N) is 1. The number of alkyl carbamates (subject to hydrolysis) is 1. The summed E-state index contributed by atoms with van der Waals surface area (Å²) in [4.78, 5) is 22.4. The lowest BCUT2D eigenvalue weighted by Crippen LogP contribution is -2.31. The zero-order valence-corrected chi connectivity index (χ0v) is 11.2. The molecule has 0 radical (unpaired) electrons. The van der Waals surface area contributed by atoms with E-state index in [4.69, 9.17) is 28.5 Å². The Morgan fingerprint density at radius 1 is 1.37 bits per heavy atom. The molecule has 0 bridgehead atoms. The number of methoxy groups -OCH3 is 1. The Balaban J connectivity index is 2.99. The lowest BCUT2D eigenvalue weighted by atomic mass is 10.1. The summed E-state index contributed by atoms with van der Waals surface area (Å²) in [6.45, 7) is 0.